The number of hydrogen-bond donors (Lipinski definition) is 0. The third kappa shape index (κ3) is 12.4. The van der Waals surface area contributed by atoms with Crippen LogP contribution in [0, 0.1) is 0 Å². The molecule has 0 spiro atoms. The second-order valence-corrected chi connectivity index (χ2v) is 5.67. The number of carbonyl (C=O) groups excluding carboxylic acids is 1. The molecule has 0 unspecified atom stereocenters. The lowest BCUT2D eigenvalue weighted by Crippen LogP contribution is -2.16. The molecule has 0 radical (unpaired) electrons. The van der Waals surface area contributed by atoms with E-state index in [-0.39, 0.29) is 0 Å². The highest BCUT2D eigenvalue weighted by Crippen LogP contribution is 2.13. The number of methoxy groups -OCH3 is 1. The molecule has 0 aromatic heterocycles. The van der Waals surface area contributed by atoms with Crippen LogP contribution in [0.15, 0.2) is 0 Å². The molecule has 0 aliphatic carbocycles. The maximum atomic E-state index is 13.1. The highest BCUT2D eigenvalue weighted by atomic mass is 19.1. The molecule has 0 rings (SSSR count). The molecule has 0 fully saturated rings. The molecule has 0 aliphatic heterocycles. The van der Waals surface area contributed by atoms with E-state index in [0.717, 1.165) is 19.3 Å². The Kier molecular flexibility index (Phi) is 14.4. The highest BCUT2D eigenvalue weighted by molar-refractivity contribution is 5.74. The summed E-state index contributed by atoms with van der Waals surface area (Å²) in [5.74, 6) is -0.729. The van der Waals surface area contributed by atoms with Gasteiger partial charge in [-0.25, -0.2) is 9.18 Å². The van der Waals surface area contributed by atoms with E-state index in [1.54, 1.807) is 0 Å². The van der Waals surface area contributed by atoms with Crippen molar-refractivity contribution in [1.82, 2.24) is 0 Å². The van der Waals surface area contributed by atoms with E-state index >= 15 is 0 Å². The van der Waals surface area contributed by atoms with Crippen molar-refractivity contribution in [2.24, 2.45) is 0 Å². The summed E-state index contributed by atoms with van der Waals surface area (Å²) in [6.07, 6.45) is 13.9. The number of esters is 1. The van der Waals surface area contributed by atoms with Gasteiger partial charge in [0.1, 0.15) is 0 Å². The molecule has 20 heavy (non-hydrogen) atoms. The molecular weight excluding hydrogens is 255 g/mol. The number of unbranched alkanes of at least 4 members (excludes halogenated alkanes) is 11. The van der Waals surface area contributed by atoms with Gasteiger partial charge >= 0.3 is 5.97 Å². The van der Waals surface area contributed by atoms with Crippen LogP contribution in [0.5, 0.6) is 0 Å². The summed E-state index contributed by atoms with van der Waals surface area (Å²) in [6, 6.07) is 0. The normalized spacial score (nSPS) is 12.3. The van der Waals surface area contributed by atoms with Crippen molar-refractivity contribution in [2.75, 3.05) is 7.11 Å². The van der Waals surface area contributed by atoms with Gasteiger partial charge in [-0.1, -0.05) is 77.6 Å². The maximum Gasteiger partial charge on any atom is 0.340 e. The predicted octanol–water partition coefficient (Wildman–Crippen LogP) is 5.59. The molecule has 0 aromatic rings. The smallest absolute Gasteiger partial charge is 0.340 e. The molecule has 0 N–H and O–H groups in total. The fourth-order valence-electron chi connectivity index (χ4n) is 2.41. The number of hydrogen-bond acceptors (Lipinski definition) is 2. The fraction of sp³-hybridized carbons (Fsp3) is 0.941. The van der Waals surface area contributed by atoms with Crippen LogP contribution in [-0.4, -0.2) is 19.3 Å². The Labute approximate surface area is 124 Å². The van der Waals surface area contributed by atoms with Crippen molar-refractivity contribution in [1.29, 1.82) is 0 Å². The van der Waals surface area contributed by atoms with E-state index in [1.165, 1.54) is 64.9 Å². The van der Waals surface area contributed by atoms with Crippen LogP contribution in [0.25, 0.3) is 0 Å². The first-order valence-electron chi connectivity index (χ1n) is 8.44. The Morgan fingerprint density at radius 2 is 1.25 bits per heavy atom. The molecule has 0 aromatic carbocycles. The average molecular weight is 288 g/mol. The van der Waals surface area contributed by atoms with E-state index in [9.17, 15) is 9.18 Å². The number of rotatable bonds is 14. The first kappa shape index (κ1) is 19.4. The minimum atomic E-state index is -1.43. The number of carbonyl (C=O) groups is 1. The van der Waals surface area contributed by atoms with Gasteiger partial charge in [0.25, 0.3) is 0 Å². The largest absolute Gasteiger partial charge is 0.467 e. The molecule has 120 valence electrons. The standard InChI is InChI=1S/C17H33FO2/c1-3-4-5-6-7-8-9-10-11-12-13-14-15-16(18)17(19)20-2/h16H,3-15H2,1-2H3/t16-/m1/s1. The van der Waals surface area contributed by atoms with Gasteiger partial charge < -0.3 is 4.74 Å². The summed E-state index contributed by atoms with van der Waals surface area (Å²) >= 11 is 0. The van der Waals surface area contributed by atoms with Gasteiger partial charge in [-0.15, -0.1) is 0 Å². The number of halogens is 1. The third-order valence-corrected chi connectivity index (χ3v) is 3.77. The van der Waals surface area contributed by atoms with Crippen molar-refractivity contribution < 1.29 is 13.9 Å². The predicted molar refractivity (Wildman–Crippen MR) is 82.6 cm³/mol. The first-order valence-corrected chi connectivity index (χ1v) is 8.44. The van der Waals surface area contributed by atoms with Crippen LogP contribution in [0.2, 0.25) is 0 Å². The summed E-state index contributed by atoms with van der Waals surface area (Å²) in [4.78, 5) is 10.8. The lowest BCUT2D eigenvalue weighted by molar-refractivity contribution is -0.146. The molecule has 0 saturated heterocycles. The van der Waals surface area contributed by atoms with E-state index < -0.39 is 12.1 Å². The van der Waals surface area contributed by atoms with Gasteiger partial charge in [-0.2, -0.15) is 0 Å². The van der Waals surface area contributed by atoms with Crippen molar-refractivity contribution in [3.8, 4) is 0 Å². The Hall–Kier alpha value is -0.600. The quantitative estimate of drug-likeness (QED) is 0.308. The summed E-state index contributed by atoms with van der Waals surface area (Å²) in [5.41, 5.74) is 0. The second-order valence-electron chi connectivity index (χ2n) is 5.67. The Morgan fingerprint density at radius 3 is 1.65 bits per heavy atom. The van der Waals surface area contributed by atoms with Gasteiger partial charge in [-0.05, 0) is 12.8 Å². The molecule has 0 bridgehead atoms. The fourth-order valence-corrected chi connectivity index (χ4v) is 2.41. The maximum absolute atomic E-state index is 13.1. The molecule has 0 heterocycles. The molecule has 1 atom stereocenters. The molecular formula is C17H33FO2. The van der Waals surface area contributed by atoms with Crippen LogP contribution in [0.3, 0.4) is 0 Å². The van der Waals surface area contributed by atoms with Crippen molar-refractivity contribution >= 4 is 5.97 Å². The van der Waals surface area contributed by atoms with Crippen molar-refractivity contribution in [3.63, 3.8) is 0 Å². The van der Waals surface area contributed by atoms with Crippen molar-refractivity contribution in [3.05, 3.63) is 0 Å². The molecule has 2 nitrogen and oxygen atoms in total. The van der Waals surface area contributed by atoms with E-state index in [2.05, 4.69) is 11.7 Å². The van der Waals surface area contributed by atoms with Crippen LogP contribution in [0.4, 0.5) is 4.39 Å². The van der Waals surface area contributed by atoms with E-state index in [0.29, 0.717) is 6.42 Å². The second kappa shape index (κ2) is 14.8. The van der Waals surface area contributed by atoms with Gasteiger partial charge in [0, 0.05) is 0 Å². The zero-order valence-electron chi connectivity index (χ0n) is 13.5. The monoisotopic (exact) mass is 288 g/mol. The van der Waals surface area contributed by atoms with Crippen LogP contribution in [-0.2, 0) is 9.53 Å². The van der Waals surface area contributed by atoms with Gasteiger partial charge in [0.05, 0.1) is 7.11 Å². The van der Waals surface area contributed by atoms with Crippen LogP contribution < -0.4 is 0 Å². The third-order valence-electron chi connectivity index (χ3n) is 3.77. The summed E-state index contributed by atoms with van der Waals surface area (Å²) in [6.45, 7) is 2.25. The van der Waals surface area contributed by atoms with Crippen LogP contribution in [0.1, 0.15) is 90.4 Å². The van der Waals surface area contributed by atoms with Gasteiger partial charge in [0.15, 0.2) is 6.17 Å². The number of alkyl halides is 1. The molecule has 0 aliphatic rings. The van der Waals surface area contributed by atoms with Gasteiger partial charge in [0.2, 0.25) is 0 Å². The van der Waals surface area contributed by atoms with E-state index in [4.69, 9.17) is 0 Å². The minimum absolute atomic E-state index is 0.310. The highest BCUT2D eigenvalue weighted by Gasteiger charge is 2.16. The Bertz CT molecular complexity index is 219. The lowest BCUT2D eigenvalue weighted by atomic mass is 10.0. The minimum Gasteiger partial charge on any atom is -0.467 e. The summed E-state index contributed by atoms with van der Waals surface area (Å²) in [5, 5.41) is 0. The molecule has 0 amide bonds. The molecule has 3 heteroatoms. The SMILES string of the molecule is CCCCCCCCCCCCCC[C@@H](F)C(=O)OC. The van der Waals surface area contributed by atoms with Crippen molar-refractivity contribution in [2.45, 2.75) is 96.6 Å². The van der Waals surface area contributed by atoms with Crippen LogP contribution >= 0.6 is 0 Å². The Balaban J connectivity index is 3.11. The summed E-state index contributed by atoms with van der Waals surface area (Å²) in [7, 11) is 1.23. The summed E-state index contributed by atoms with van der Waals surface area (Å²) < 4.78 is 17.5. The molecule has 0 saturated carbocycles. The van der Waals surface area contributed by atoms with Gasteiger partial charge in [-0.3, -0.25) is 0 Å². The lowest BCUT2D eigenvalue weighted by Gasteiger charge is -2.05. The number of ether oxygens (including phenoxy) is 1. The first-order chi connectivity index (χ1) is 9.72. The van der Waals surface area contributed by atoms with E-state index in [1.807, 2.05) is 0 Å². The average Bonchev–Trinajstić information content (AvgIpc) is 2.47. The topological polar surface area (TPSA) is 26.3 Å². The zero-order chi connectivity index (χ0) is 15.1. The zero-order valence-corrected chi connectivity index (χ0v) is 13.5. The Morgan fingerprint density at radius 1 is 0.850 bits per heavy atom.